The van der Waals surface area contributed by atoms with Crippen molar-refractivity contribution in [3.8, 4) is 0 Å². The number of halogens is 1. The molecule has 4 nitrogen and oxygen atoms in total. The molecule has 1 N–H and O–H groups in total. The monoisotopic (exact) mass is 276 g/mol. The van der Waals surface area contributed by atoms with Crippen LogP contribution in [0.1, 0.15) is 11.1 Å². The van der Waals surface area contributed by atoms with Crippen LogP contribution in [0.25, 0.3) is 0 Å². The van der Waals surface area contributed by atoms with Crippen LogP contribution in [0.2, 0.25) is 5.02 Å². The van der Waals surface area contributed by atoms with Crippen LogP contribution in [-0.2, 0) is 6.54 Å². The average molecular weight is 277 g/mol. The minimum atomic E-state index is -0.396. The summed E-state index contributed by atoms with van der Waals surface area (Å²) >= 11 is 5.81. The number of rotatable bonds is 4. The van der Waals surface area contributed by atoms with E-state index in [1.54, 1.807) is 12.1 Å². The zero-order valence-electron chi connectivity index (χ0n) is 10.4. The van der Waals surface area contributed by atoms with Gasteiger partial charge >= 0.3 is 0 Å². The molecule has 0 aliphatic heterocycles. The first kappa shape index (κ1) is 13.4. The molecule has 0 atom stereocenters. The van der Waals surface area contributed by atoms with Gasteiger partial charge in [0.15, 0.2) is 0 Å². The van der Waals surface area contributed by atoms with Gasteiger partial charge < -0.3 is 5.32 Å². The number of hydrogen-bond donors (Lipinski definition) is 1. The second kappa shape index (κ2) is 5.71. The number of benzene rings is 2. The lowest BCUT2D eigenvalue weighted by Gasteiger charge is -2.09. The molecule has 5 heteroatoms. The van der Waals surface area contributed by atoms with Gasteiger partial charge in [0.05, 0.1) is 4.92 Å². The van der Waals surface area contributed by atoms with Crippen LogP contribution < -0.4 is 5.32 Å². The summed E-state index contributed by atoms with van der Waals surface area (Å²) in [6.45, 7) is 2.51. The lowest BCUT2D eigenvalue weighted by molar-refractivity contribution is -0.384. The molecule has 0 amide bonds. The fraction of sp³-hybridized carbons (Fsp3) is 0.143. The number of nitro benzene ring substituents is 1. The highest BCUT2D eigenvalue weighted by Crippen LogP contribution is 2.22. The van der Waals surface area contributed by atoms with E-state index < -0.39 is 4.92 Å². The second-order valence-corrected chi connectivity index (χ2v) is 4.67. The van der Waals surface area contributed by atoms with Gasteiger partial charge in [-0.15, -0.1) is 0 Å². The third-order valence-corrected chi connectivity index (χ3v) is 3.08. The summed E-state index contributed by atoms with van der Waals surface area (Å²) in [4.78, 5) is 10.3. The molecule has 2 aromatic rings. The third kappa shape index (κ3) is 3.45. The van der Waals surface area contributed by atoms with E-state index in [-0.39, 0.29) is 5.69 Å². The Morgan fingerprint density at radius 1 is 1.21 bits per heavy atom. The van der Waals surface area contributed by atoms with Gasteiger partial charge in [0.2, 0.25) is 0 Å². The third-order valence-electron chi connectivity index (χ3n) is 2.83. The van der Waals surface area contributed by atoms with E-state index in [1.165, 1.54) is 6.07 Å². The molecule has 0 fully saturated rings. The van der Waals surface area contributed by atoms with E-state index in [0.29, 0.717) is 11.6 Å². The largest absolute Gasteiger partial charge is 0.381 e. The molecular formula is C14H13ClN2O2. The highest BCUT2D eigenvalue weighted by Gasteiger charge is 2.08. The summed E-state index contributed by atoms with van der Waals surface area (Å²) in [5.74, 6) is 0. The molecule has 0 aliphatic carbocycles. The van der Waals surface area contributed by atoms with E-state index >= 15 is 0 Å². The Labute approximate surface area is 116 Å². The van der Waals surface area contributed by atoms with E-state index in [4.69, 9.17) is 11.6 Å². The minimum absolute atomic E-state index is 0.0872. The Hall–Kier alpha value is -2.07. The molecule has 0 radical (unpaired) electrons. The fourth-order valence-corrected chi connectivity index (χ4v) is 1.84. The van der Waals surface area contributed by atoms with E-state index in [2.05, 4.69) is 5.32 Å². The van der Waals surface area contributed by atoms with E-state index in [1.807, 2.05) is 31.2 Å². The van der Waals surface area contributed by atoms with Crippen LogP contribution in [-0.4, -0.2) is 4.92 Å². The highest BCUT2D eigenvalue weighted by molar-refractivity contribution is 6.30. The van der Waals surface area contributed by atoms with Crippen molar-refractivity contribution < 1.29 is 4.92 Å². The number of nitrogens with zero attached hydrogens (tertiary/aromatic N) is 1. The van der Waals surface area contributed by atoms with Crippen LogP contribution in [0.4, 0.5) is 11.4 Å². The SMILES string of the molecule is Cc1ccc([N+](=O)[O-])cc1NCc1ccc(Cl)cc1. The molecular weight excluding hydrogens is 264 g/mol. The molecule has 2 rings (SSSR count). The number of nitrogens with one attached hydrogen (secondary N) is 1. The Morgan fingerprint density at radius 2 is 1.89 bits per heavy atom. The van der Waals surface area contributed by atoms with Crippen molar-refractivity contribution in [3.05, 3.63) is 68.7 Å². The van der Waals surface area contributed by atoms with Crippen molar-refractivity contribution in [2.24, 2.45) is 0 Å². The van der Waals surface area contributed by atoms with Crippen molar-refractivity contribution in [2.75, 3.05) is 5.32 Å². The molecule has 0 aliphatic rings. The smallest absolute Gasteiger partial charge is 0.271 e. The summed E-state index contributed by atoms with van der Waals surface area (Å²) in [6, 6.07) is 12.3. The van der Waals surface area contributed by atoms with Crippen LogP contribution in [0.15, 0.2) is 42.5 Å². The van der Waals surface area contributed by atoms with E-state index in [0.717, 1.165) is 16.8 Å². The van der Waals surface area contributed by atoms with Crippen molar-refractivity contribution in [1.29, 1.82) is 0 Å². The van der Waals surface area contributed by atoms with E-state index in [9.17, 15) is 10.1 Å². The molecule has 98 valence electrons. The standard InChI is InChI=1S/C14H13ClN2O2/c1-10-2-7-13(17(18)19)8-14(10)16-9-11-3-5-12(15)6-4-11/h2-8,16H,9H2,1H3. The molecule has 19 heavy (non-hydrogen) atoms. The van der Waals surface area contributed by atoms with Crippen molar-refractivity contribution in [2.45, 2.75) is 13.5 Å². The molecule has 2 aromatic carbocycles. The van der Waals surface area contributed by atoms with Crippen molar-refractivity contribution >= 4 is 23.0 Å². The predicted molar refractivity (Wildman–Crippen MR) is 76.6 cm³/mol. The molecule has 0 saturated heterocycles. The molecule has 0 aromatic heterocycles. The van der Waals surface area contributed by atoms with Crippen LogP contribution >= 0.6 is 11.6 Å². The average Bonchev–Trinajstić information content (AvgIpc) is 2.39. The maximum atomic E-state index is 10.7. The first-order chi connectivity index (χ1) is 9.06. The quantitative estimate of drug-likeness (QED) is 0.673. The summed E-state index contributed by atoms with van der Waals surface area (Å²) in [6.07, 6.45) is 0. The Bertz CT molecular complexity index is 597. The van der Waals surface area contributed by atoms with Gasteiger partial charge in [0, 0.05) is 29.4 Å². The van der Waals surface area contributed by atoms with Crippen LogP contribution in [0.5, 0.6) is 0 Å². The van der Waals surface area contributed by atoms with Gasteiger partial charge in [-0.25, -0.2) is 0 Å². The Kier molecular flexibility index (Phi) is 4.02. The fourth-order valence-electron chi connectivity index (χ4n) is 1.71. The van der Waals surface area contributed by atoms with Crippen LogP contribution in [0.3, 0.4) is 0 Å². The van der Waals surface area contributed by atoms with Gasteiger partial charge in [0.25, 0.3) is 5.69 Å². The predicted octanol–water partition coefficient (Wildman–Crippen LogP) is 4.17. The lowest BCUT2D eigenvalue weighted by Crippen LogP contribution is -2.01. The molecule has 0 bridgehead atoms. The lowest BCUT2D eigenvalue weighted by atomic mass is 10.1. The summed E-state index contributed by atoms with van der Waals surface area (Å²) in [5.41, 5.74) is 2.89. The first-order valence-electron chi connectivity index (χ1n) is 5.79. The molecule has 0 heterocycles. The number of anilines is 1. The summed E-state index contributed by atoms with van der Waals surface area (Å²) in [5, 5.41) is 14.6. The molecule has 0 unspecified atom stereocenters. The summed E-state index contributed by atoms with van der Waals surface area (Å²) < 4.78 is 0. The zero-order chi connectivity index (χ0) is 13.8. The number of hydrogen-bond acceptors (Lipinski definition) is 3. The summed E-state index contributed by atoms with van der Waals surface area (Å²) in [7, 11) is 0. The normalized spacial score (nSPS) is 10.2. The molecule has 0 spiro atoms. The van der Waals surface area contributed by atoms with Gasteiger partial charge in [-0.05, 0) is 30.2 Å². The topological polar surface area (TPSA) is 55.2 Å². The Morgan fingerprint density at radius 3 is 2.53 bits per heavy atom. The maximum absolute atomic E-state index is 10.7. The van der Waals surface area contributed by atoms with Gasteiger partial charge in [-0.1, -0.05) is 29.8 Å². The Balaban J connectivity index is 2.12. The second-order valence-electron chi connectivity index (χ2n) is 4.24. The van der Waals surface area contributed by atoms with Crippen molar-refractivity contribution in [3.63, 3.8) is 0 Å². The van der Waals surface area contributed by atoms with Gasteiger partial charge in [0.1, 0.15) is 0 Å². The first-order valence-corrected chi connectivity index (χ1v) is 6.17. The zero-order valence-corrected chi connectivity index (χ0v) is 11.1. The van der Waals surface area contributed by atoms with Crippen LogP contribution in [0, 0.1) is 17.0 Å². The number of aryl methyl sites for hydroxylation is 1. The van der Waals surface area contributed by atoms with Crippen molar-refractivity contribution in [1.82, 2.24) is 0 Å². The minimum Gasteiger partial charge on any atom is -0.381 e. The number of nitro groups is 1. The van der Waals surface area contributed by atoms with Gasteiger partial charge in [-0.3, -0.25) is 10.1 Å². The number of non-ortho nitro benzene ring substituents is 1. The maximum Gasteiger partial charge on any atom is 0.271 e. The highest BCUT2D eigenvalue weighted by atomic mass is 35.5. The molecule has 0 saturated carbocycles. The van der Waals surface area contributed by atoms with Gasteiger partial charge in [-0.2, -0.15) is 0 Å².